The average molecular weight is 380 g/mol. The van der Waals surface area contributed by atoms with E-state index in [1.54, 1.807) is 24.3 Å². The van der Waals surface area contributed by atoms with Crippen molar-refractivity contribution >= 4 is 52.3 Å². The van der Waals surface area contributed by atoms with Crippen molar-refractivity contribution in [2.45, 2.75) is 18.7 Å². The molecule has 0 atom stereocenters. The number of thiocarbonyl (C=S) groups is 1. The second-order valence-electron chi connectivity index (χ2n) is 5.19. The van der Waals surface area contributed by atoms with E-state index in [1.807, 2.05) is 26.0 Å². The molecule has 0 saturated carbocycles. The van der Waals surface area contributed by atoms with Crippen LogP contribution in [0.1, 0.15) is 11.1 Å². The molecule has 0 heterocycles. The van der Waals surface area contributed by atoms with Gasteiger partial charge < -0.3 is 5.32 Å². The zero-order valence-corrected chi connectivity index (χ0v) is 15.7. The van der Waals surface area contributed by atoms with E-state index in [-0.39, 0.29) is 5.91 Å². The largest absolute Gasteiger partial charge is 0.331 e. The van der Waals surface area contributed by atoms with Crippen molar-refractivity contribution in [3.05, 3.63) is 58.6 Å². The van der Waals surface area contributed by atoms with Crippen LogP contribution in [0.25, 0.3) is 0 Å². The van der Waals surface area contributed by atoms with Crippen molar-refractivity contribution in [1.29, 1.82) is 0 Å². The minimum atomic E-state index is -0.153. The summed E-state index contributed by atoms with van der Waals surface area (Å²) in [6.07, 6.45) is 0. The van der Waals surface area contributed by atoms with Gasteiger partial charge in [-0.2, -0.15) is 0 Å². The van der Waals surface area contributed by atoms with Crippen LogP contribution in [0.3, 0.4) is 0 Å². The molecule has 2 rings (SSSR count). The van der Waals surface area contributed by atoms with Crippen LogP contribution in [0, 0.1) is 13.8 Å². The van der Waals surface area contributed by atoms with E-state index in [2.05, 4.69) is 22.2 Å². The van der Waals surface area contributed by atoms with Crippen LogP contribution in [0.2, 0.25) is 5.02 Å². The van der Waals surface area contributed by atoms with Gasteiger partial charge in [-0.05, 0) is 62.0 Å². The number of rotatable bonds is 4. The Morgan fingerprint density at radius 3 is 2.50 bits per heavy atom. The molecule has 2 aromatic carbocycles. The second kappa shape index (κ2) is 8.92. The molecule has 0 radical (unpaired) electrons. The Kier molecular flexibility index (Phi) is 6.90. The topological polar surface area (TPSA) is 53.2 Å². The predicted molar refractivity (Wildman–Crippen MR) is 106 cm³/mol. The van der Waals surface area contributed by atoms with Gasteiger partial charge in [0.25, 0.3) is 0 Å². The third kappa shape index (κ3) is 6.03. The number of benzene rings is 2. The van der Waals surface area contributed by atoms with Crippen LogP contribution in [0.5, 0.6) is 0 Å². The average Bonchev–Trinajstić information content (AvgIpc) is 2.54. The molecule has 0 aromatic heterocycles. The normalized spacial score (nSPS) is 10.1. The fourth-order valence-electron chi connectivity index (χ4n) is 1.96. The summed E-state index contributed by atoms with van der Waals surface area (Å²) >= 11 is 12.4. The Bertz CT molecular complexity index is 735. The second-order valence-corrected chi connectivity index (χ2v) is 7.05. The molecular formula is C17H18ClN3OS2. The highest BCUT2D eigenvalue weighted by Gasteiger charge is 2.06. The van der Waals surface area contributed by atoms with Crippen LogP contribution in [-0.4, -0.2) is 16.8 Å². The molecule has 24 heavy (non-hydrogen) atoms. The number of hydrogen-bond acceptors (Lipinski definition) is 3. The minimum absolute atomic E-state index is 0.153. The van der Waals surface area contributed by atoms with Crippen molar-refractivity contribution in [2.24, 2.45) is 0 Å². The lowest BCUT2D eigenvalue weighted by molar-refractivity contribution is -0.119. The van der Waals surface area contributed by atoms with Gasteiger partial charge in [-0.15, -0.1) is 11.8 Å². The number of hydrogen-bond donors (Lipinski definition) is 3. The van der Waals surface area contributed by atoms with Crippen molar-refractivity contribution < 1.29 is 4.79 Å². The summed E-state index contributed by atoms with van der Waals surface area (Å²) in [6, 6.07) is 13.3. The van der Waals surface area contributed by atoms with Crippen LogP contribution in [0.15, 0.2) is 47.4 Å². The number of anilines is 1. The molecule has 0 saturated heterocycles. The molecule has 0 fully saturated rings. The van der Waals surface area contributed by atoms with Gasteiger partial charge in [-0.25, -0.2) is 0 Å². The number of thioether (sulfide) groups is 1. The van der Waals surface area contributed by atoms with Crippen LogP contribution in [0.4, 0.5) is 5.69 Å². The van der Waals surface area contributed by atoms with Gasteiger partial charge in [0, 0.05) is 15.6 Å². The fraction of sp³-hybridized carbons (Fsp3) is 0.176. The molecular weight excluding hydrogens is 362 g/mol. The van der Waals surface area contributed by atoms with E-state index in [1.165, 1.54) is 22.9 Å². The summed E-state index contributed by atoms with van der Waals surface area (Å²) < 4.78 is 0. The first-order valence-corrected chi connectivity index (χ1v) is 9.02. The lowest BCUT2D eigenvalue weighted by Gasteiger charge is -2.12. The lowest BCUT2D eigenvalue weighted by atomic mass is 10.2. The first kappa shape index (κ1) is 18.6. The van der Waals surface area contributed by atoms with Crippen molar-refractivity contribution in [1.82, 2.24) is 10.9 Å². The third-order valence-electron chi connectivity index (χ3n) is 3.11. The number of nitrogens with one attached hydrogen (secondary N) is 3. The standard InChI is InChI=1S/C17H18ClN3OS2/c1-11-3-8-15(12(2)9-11)24-10-16(22)20-21-17(23)19-14-6-4-13(18)5-7-14/h3-9H,10H2,1-2H3,(H,20,22)(H2,19,21,23). The lowest BCUT2D eigenvalue weighted by Crippen LogP contribution is -2.44. The fourth-order valence-corrected chi connectivity index (χ4v) is 3.07. The highest BCUT2D eigenvalue weighted by Crippen LogP contribution is 2.22. The number of carbonyl (C=O) groups is 1. The maximum Gasteiger partial charge on any atom is 0.248 e. The number of hydrazine groups is 1. The molecule has 7 heteroatoms. The van der Waals surface area contributed by atoms with Crippen molar-refractivity contribution in [2.75, 3.05) is 11.1 Å². The van der Waals surface area contributed by atoms with E-state index in [4.69, 9.17) is 23.8 Å². The summed E-state index contributed by atoms with van der Waals surface area (Å²) in [7, 11) is 0. The van der Waals surface area contributed by atoms with Crippen molar-refractivity contribution in [3.8, 4) is 0 Å². The smallest absolute Gasteiger partial charge is 0.248 e. The molecule has 2 aromatic rings. The van der Waals surface area contributed by atoms with E-state index >= 15 is 0 Å². The highest BCUT2D eigenvalue weighted by atomic mass is 35.5. The minimum Gasteiger partial charge on any atom is -0.331 e. The van der Waals surface area contributed by atoms with Gasteiger partial charge in [0.05, 0.1) is 5.75 Å². The molecule has 0 spiro atoms. The molecule has 4 nitrogen and oxygen atoms in total. The van der Waals surface area contributed by atoms with Gasteiger partial charge >= 0.3 is 0 Å². The summed E-state index contributed by atoms with van der Waals surface area (Å²) in [4.78, 5) is 13.0. The summed E-state index contributed by atoms with van der Waals surface area (Å²) in [5, 5.41) is 3.91. The zero-order chi connectivity index (χ0) is 17.5. The molecule has 0 aliphatic carbocycles. The van der Waals surface area contributed by atoms with Crippen LogP contribution >= 0.6 is 35.6 Å². The predicted octanol–water partition coefficient (Wildman–Crippen LogP) is 4.07. The number of carbonyl (C=O) groups excluding carboxylic acids is 1. The zero-order valence-electron chi connectivity index (χ0n) is 13.4. The molecule has 0 bridgehead atoms. The van der Waals surface area contributed by atoms with E-state index in [0.717, 1.165) is 10.6 Å². The molecule has 3 N–H and O–H groups in total. The maximum absolute atomic E-state index is 11.9. The van der Waals surface area contributed by atoms with E-state index in [0.29, 0.717) is 15.9 Å². The van der Waals surface area contributed by atoms with E-state index in [9.17, 15) is 4.79 Å². The van der Waals surface area contributed by atoms with Gasteiger partial charge in [-0.3, -0.25) is 15.6 Å². The van der Waals surface area contributed by atoms with Crippen molar-refractivity contribution in [3.63, 3.8) is 0 Å². The molecule has 0 aliphatic heterocycles. The molecule has 0 aliphatic rings. The van der Waals surface area contributed by atoms with Gasteiger partial charge in [0.2, 0.25) is 5.91 Å². The van der Waals surface area contributed by atoms with Crippen LogP contribution < -0.4 is 16.2 Å². The quantitative estimate of drug-likeness (QED) is 0.425. The third-order valence-corrected chi connectivity index (χ3v) is 4.74. The Labute approximate surface area is 156 Å². The number of aryl methyl sites for hydroxylation is 2. The summed E-state index contributed by atoms with van der Waals surface area (Å²) in [5.74, 6) is 0.153. The van der Waals surface area contributed by atoms with Gasteiger partial charge in [0.1, 0.15) is 0 Å². The molecule has 126 valence electrons. The van der Waals surface area contributed by atoms with Gasteiger partial charge in [-0.1, -0.05) is 29.3 Å². The maximum atomic E-state index is 11.9. The van der Waals surface area contributed by atoms with E-state index < -0.39 is 0 Å². The Hall–Kier alpha value is -1.76. The SMILES string of the molecule is Cc1ccc(SCC(=O)NNC(=S)Nc2ccc(Cl)cc2)c(C)c1. The van der Waals surface area contributed by atoms with Crippen LogP contribution in [-0.2, 0) is 4.79 Å². The number of amides is 1. The highest BCUT2D eigenvalue weighted by molar-refractivity contribution is 8.00. The molecule has 1 amide bonds. The Morgan fingerprint density at radius 2 is 1.83 bits per heavy atom. The van der Waals surface area contributed by atoms with Gasteiger partial charge in [0.15, 0.2) is 5.11 Å². The first-order valence-electron chi connectivity index (χ1n) is 7.25. The number of halogens is 1. The first-order chi connectivity index (χ1) is 11.4. The summed E-state index contributed by atoms with van der Waals surface area (Å²) in [6.45, 7) is 4.09. The Morgan fingerprint density at radius 1 is 1.12 bits per heavy atom. The molecule has 0 unspecified atom stereocenters. The summed E-state index contributed by atoms with van der Waals surface area (Å²) in [5.41, 5.74) is 8.42. The Balaban J connectivity index is 1.74. The monoisotopic (exact) mass is 379 g/mol.